The zero-order valence-electron chi connectivity index (χ0n) is 15.4. The number of nitrogens with zero attached hydrogens (tertiary/aromatic N) is 3. The van der Waals surface area contributed by atoms with E-state index < -0.39 is 12.6 Å². The van der Waals surface area contributed by atoms with Gasteiger partial charge in [-0.2, -0.15) is 27.9 Å². The molecule has 0 aliphatic heterocycles. The van der Waals surface area contributed by atoms with E-state index in [1.165, 1.54) is 6.33 Å². The van der Waals surface area contributed by atoms with Crippen LogP contribution in [0.1, 0.15) is 58.8 Å². The molecule has 0 saturated heterocycles. The third-order valence-corrected chi connectivity index (χ3v) is 5.12. The summed E-state index contributed by atoms with van der Waals surface area (Å²) in [6, 6.07) is 0.176. The number of nitrogen functional groups attached to an aromatic ring is 1. The average molecular weight is 371 g/mol. The molecule has 1 fully saturated rings. The molecule has 1 aliphatic carbocycles. The van der Waals surface area contributed by atoms with Gasteiger partial charge in [0.2, 0.25) is 5.95 Å². The molecule has 26 heavy (non-hydrogen) atoms. The molecular weight excluding hydrogens is 343 g/mol. The molecule has 146 valence electrons. The second-order valence-corrected chi connectivity index (χ2v) is 6.98. The molecule has 1 aromatic heterocycles. The van der Waals surface area contributed by atoms with Crippen LogP contribution in [0.25, 0.3) is 5.82 Å². The quantitative estimate of drug-likeness (QED) is 0.692. The Morgan fingerprint density at radius 1 is 1.35 bits per heavy atom. The van der Waals surface area contributed by atoms with E-state index >= 15 is 0 Å². The number of hydrogen-bond donors (Lipinski definition) is 2. The van der Waals surface area contributed by atoms with Gasteiger partial charge in [-0.25, -0.2) is 0 Å². The van der Waals surface area contributed by atoms with E-state index in [-0.39, 0.29) is 24.3 Å². The zero-order valence-corrected chi connectivity index (χ0v) is 15.4. The van der Waals surface area contributed by atoms with Gasteiger partial charge in [-0.15, -0.1) is 0 Å². The van der Waals surface area contributed by atoms with Gasteiger partial charge in [0.05, 0.1) is 0 Å². The first-order valence-electron chi connectivity index (χ1n) is 9.09. The Bertz CT molecular complexity index is 639. The highest BCUT2D eigenvalue weighted by molar-refractivity contribution is 5.57. The average Bonchev–Trinajstić information content (AvgIpc) is 3.02. The van der Waals surface area contributed by atoms with Crippen molar-refractivity contribution in [3.05, 3.63) is 24.1 Å². The van der Waals surface area contributed by atoms with Crippen LogP contribution in [0.15, 0.2) is 24.1 Å². The molecule has 0 atom stereocenters. The lowest BCUT2D eigenvalue weighted by atomic mass is 9.83. The fourth-order valence-electron chi connectivity index (χ4n) is 3.34. The predicted molar refractivity (Wildman–Crippen MR) is 96.9 cm³/mol. The summed E-state index contributed by atoms with van der Waals surface area (Å²) < 4.78 is 38.8. The minimum absolute atomic E-state index is 0.144. The summed E-state index contributed by atoms with van der Waals surface area (Å²) in [6.07, 6.45) is 0.908. The molecule has 1 saturated carbocycles. The van der Waals surface area contributed by atoms with E-state index in [0.29, 0.717) is 0 Å². The van der Waals surface area contributed by atoms with E-state index in [4.69, 9.17) is 5.73 Å². The molecule has 0 bridgehead atoms. The van der Waals surface area contributed by atoms with Crippen LogP contribution in [0, 0.1) is 5.92 Å². The Morgan fingerprint density at radius 3 is 2.50 bits per heavy atom. The lowest BCUT2D eigenvalue weighted by molar-refractivity contribution is -0.138. The highest BCUT2D eigenvalue weighted by Gasteiger charge is 2.30. The summed E-state index contributed by atoms with van der Waals surface area (Å²) in [6.45, 7) is 8.07. The largest absolute Gasteiger partial charge is 0.389 e. The van der Waals surface area contributed by atoms with Gasteiger partial charge in [0.1, 0.15) is 12.1 Å². The summed E-state index contributed by atoms with van der Waals surface area (Å²) in [7, 11) is 0. The maximum atomic E-state index is 12.4. The fourth-order valence-corrected chi connectivity index (χ4v) is 3.34. The van der Waals surface area contributed by atoms with Crippen LogP contribution in [0.4, 0.5) is 19.1 Å². The van der Waals surface area contributed by atoms with Gasteiger partial charge in [0.15, 0.2) is 0 Å². The van der Waals surface area contributed by atoms with E-state index in [1.54, 1.807) is 4.68 Å². The van der Waals surface area contributed by atoms with Crippen molar-refractivity contribution in [3.8, 4) is 0 Å². The van der Waals surface area contributed by atoms with Gasteiger partial charge in [-0.1, -0.05) is 13.5 Å². The molecule has 1 heterocycles. The molecule has 3 N–H and O–H groups in total. The van der Waals surface area contributed by atoms with E-state index in [1.807, 2.05) is 13.8 Å². The number of aromatic nitrogens is 3. The monoisotopic (exact) mass is 371 g/mol. The highest BCUT2D eigenvalue weighted by Crippen LogP contribution is 2.33. The Kier molecular flexibility index (Phi) is 6.72. The molecule has 0 amide bonds. The van der Waals surface area contributed by atoms with Crippen LogP contribution >= 0.6 is 0 Å². The van der Waals surface area contributed by atoms with Crippen LogP contribution < -0.4 is 11.1 Å². The number of anilines is 1. The summed E-state index contributed by atoms with van der Waals surface area (Å²) in [4.78, 5) is 3.98. The predicted octanol–water partition coefficient (Wildman–Crippen LogP) is 4.51. The van der Waals surface area contributed by atoms with Crippen molar-refractivity contribution in [1.82, 2.24) is 20.1 Å². The first kappa shape index (κ1) is 20.3. The topological polar surface area (TPSA) is 68.8 Å². The number of hydrogen-bond acceptors (Lipinski definition) is 4. The summed E-state index contributed by atoms with van der Waals surface area (Å²) in [5, 5.41) is 7.67. The lowest BCUT2D eigenvalue weighted by Crippen LogP contribution is -2.35. The van der Waals surface area contributed by atoms with Crippen molar-refractivity contribution < 1.29 is 13.2 Å². The Labute approximate surface area is 152 Å². The smallest absolute Gasteiger partial charge is 0.368 e. The molecule has 5 nitrogen and oxygen atoms in total. The molecule has 8 heteroatoms. The third kappa shape index (κ3) is 5.51. The molecule has 0 radical (unpaired) electrons. The van der Waals surface area contributed by atoms with E-state index in [2.05, 4.69) is 22.0 Å². The number of nitrogens with one attached hydrogen (secondary N) is 1. The highest BCUT2D eigenvalue weighted by atomic mass is 19.4. The number of allylic oxidation sites excluding steroid dienone is 2. The standard InChI is InChI=1S/C18H28F3N5/c1-4-12(2)13(3)16(26-17(22)23-11-24-26)25-15-7-5-14(6-8-15)9-10-18(19,20)21/h11,14-15,25H,2,4-10H2,1,3H3,(H2,22,23,24)/b16-13-/t14-,15+. The van der Waals surface area contributed by atoms with Crippen molar-refractivity contribution in [2.45, 2.75) is 71.0 Å². The van der Waals surface area contributed by atoms with Crippen LogP contribution in [0.3, 0.4) is 0 Å². The molecule has 0 unspecified atom stereocenters. The van der Waals surface area contributed by atoms with Crippen molar-refractivity contribution in [2.75, 3.05) is 5.73 Å². The maximum absolute atomic E-state index is 12.4. The number of rotatable bonds is 7. The van der Waals surface area contributed by atoms with Gasteiger partial charge < -0.3 is 11.1 Å². The fraction of sp³-hybridized carbons (Fsp3) is 0.667. The molecule has 2 rings (SSSR count). The van der Waals surface area contributed by atoms with Gasteiger partial charge in [-0.3, -0.25) is 0 Å². The summed E-state index contributed by atoms with van der Waals surface area (Å²) in [5.74, 6) is 1.19. The first-order chi connectivity index (χ1) is 12.2. The van der Waals surface area contributed by atoms with Crippen LogP contribution in [-0.4, -0.2) is 27.0 Å². The third-order valence-electron chi connectivity index (χ3n) is 5.12. The van der Waals surface area contributed by atoms with Crippen molar-refractivity contribution in [3.63, 3.8) is 0 Å². The zero-order chi connectivity index (χ0) is 19.3. The number of alkyl halides is 3. The van der Waals surface area contributed by atoms with Gasteiger partial charge in [-0.05, 0) is 62.5 Å². The Balaban J connectivity index is 2.03. The second-order valence-electron chi connectivity index (χ2n) is 6.98. The molecular formula is C18H28F3N5. The number of halogens is 3. The van der Waals surface area contributed by atoms with Gasteiger partial charge in [0.25, 0.3) is 0 Å². The van der Waals surface area contributed by atoms with Crippen LogP contribution in [0.5, 0.6) is 0 Å². The molecule has 0 aromatic carbocycles. The first-order valence-corrected chi connectivity index (χ1v) is 9.09. The SMILES string of the molecule is C=C(CC)/C(C)=C(/N[C@H]1CC[C@@H](CCC(F)(F)F)CC1)n1ncnc1N. The second kappa shape index (κ2) is 8.60. The van der Waals surface area contributed by atoms with Gasteiger partial charge >= 0.3 is 6.18 Å². The molecule has 0 spiro atoms. The maximum Gasteiger partial charge on any atom is 0.389 e. The van der Waals surface area contributed by atoms with Crippen molar-refractivity contribution in [1.29, 1.82) is 0 Å². The lowest BCUT2D eigenvalue weighted by Gasteiger charge is -2.31. The summed E-state index contributed by atoms with van der Waals surface area (Å²) >= 11 is 0. The van der Waals surface area contributed by atoms with Crippen molar-refractivity contribution in [2.24, 2.45) is 5.92 Å². The number of nitrogens with two attached hydrogens (primary N) is 1. The molecule has 1 aliphatic rings. The molecule has 1 aromatic rings. The van der Waals surface area contributed by atoms with Gasteiger partial charge in [0, 0.05) is 12.5 Å². The van der Waals surface area contributed by atoms with Crippen molar-refractivity contribution >= 4 is 11.8 Å². The minimum Gasteiger partial charge on any atom is -0.368 e. The minimum atomic E-state index is -4.06. The van der Waals surface area contributed by atoms with E-state index in [9.17, 15) is 13.2 Å². The summed E-state index contributed by atoms with van der Waals surface area (Å²) in [5.41, 5.74) is 7.84. The Morgan fingerprint density at radius 2 is 2.00 bits per heavy atom. The normalized spacial score (nSPS) is 22.0. The van der Waals surface area contributed by atoms with Crippen LogP contribution in [-0.2, 0) is 0 Å². The van der Waals surface area contributed by atoms with Crippen LogP contribution in [0.2, 0.25) is 0 Å². The van der Waals surface area contributed by atoms with E-state index in [0.717, 1.165) is 49.1 Å². The Hall–Kier alpha value is -1.99.